The zero-order valence-corrected chi connectivity index (χ0v) is 23.3. The van der Waals surface area contributed by atoms with Gasteiger partial charge < -0.3 is 15.7 Å². The van der Waals surface area contributed by atoms with Crippen LogP contribution in [0.4, 0.5) is 0 Å². The summed E-state index contributed by atoms with van der Waals surface area (Å²) < 4.78 is 0. The number of aliphatic carboxylic acids is 1. The second-order valence-corrected chi connectivity index (χ2v) is 12.4. The highest BCUT2D eigenvalue weighted by Gasteiger charge is 2.54. The van der Waals surface area contributed by atoms with E-state index < -0.39 is 17.4 Å². The Morgan fingerprint density at radius 1 is 1.14 bits per heavy atom. The third-order valence-corrected chi connectivity index (χ3v) is 9.59. The lowest BCUT2D eigenvalue weighted by Crippen LogP contribution is -2.70. The van der Waals surface area contributed by atoms with Gasteiger partial charge in [0.15, 0.2) is 0 Å². The summed E-state index contributed by atoms with van der Waals surface area (Å²) in [5.74, 6) is 0.522. The van der Waals surface area contributed by atoms with Gasteiger partial charge in [-0.2, -0.15) is 11.8 Å². The average Bonchev–Trinajstić information content (AvgIpc) is 2.88. The lowest BCUT2D eigenvalue weighted by atomic mass is 10.0. The Morgan fingerprint density at radius 3 is 2.59 bits per heavy atom. The molecule has 0 bridgehead atoms. The van der Waals surface area contributed by atoms with Crippen LogP contribution in [0.3, 0.4) is 0 Å². The van der Waals surface area contributed by atoms with Crippen LogP contribution in [-0.2, 0) is 26.6 Å². The number of rotatable bonds is 12. The third-order valence-electron chi connectivity index (χ3n) is 5.92. The largest absolute Gasteiger partial charge is 0.477 e. The molecule has 1 saturated heterocycles. The molecule has 3 N–H and O–H groups in total. The van der Waals surface area contributed by atoms with Crippen molar-refractivity contribution in [1.29, 1.82) is 0 Å². The van der Waals surface area contributed by atoms with E-state index in [1.807, 2.05) is 60.3 Å². The van der Waals surface area contributed by atoms with Crippen molar-refractivity contribution in [1.82, 2.24) is 15.5 Å². The predicted molar refractivity (Wildman–Crippen MR) is 151 cm³/mol. The lowest BCUT2D eigenvalue weighted by Gasteiger charge is -2.49. The number of carbonyl (C=O) groups is 3. The molecule has 2 atom stereocenters. The van der Waals surface area contributed by atoms with E-state index in [9.17, 15) is 19.5 Å². The van der Waals surface area contributed by atoms with Crippen molar-refractivity contribution < 1.29 is 19.5 Å². The number of β-lactam (4-membered cyclic amide) rings is 1. The highest BCUT2D eigenvalue weighted by molar-refractivity contribution is 8.06. The molecular formula is C27H31N3O4S3. The zero-order chi connectivity index (χ0) is 26.4. The molecule has 2 unspecified atom stereocenters. The lowest BCUT2D eigenvalue weighted by molar-refractivity contribution is -0.150. The molecule has 10 heteroatoms. The normalized spacial score (nSPS) is 19.0. The number of carboxylic acid groups (broad SMARTS) is 1. The topological polar surface area (TPSA) is 98.7 Å². The van der Waals surface area contributed by atoms with Gasteiger partial charge in [-0.1, -0.05) is 74.1 Å². The van der Waals surface area contributed by atoms with Crippen LogP contribution >= 0.6 is 35.3 Å². The minimum atomic E-state index is -1.12. The molecule has 1 fully saturated rings. The smallest absolute Gasteiger partial charge is 0.353 e. The Bertz CT molecular complexity index is 1170. The Labute approximate surface area is 230 Å². The predicted octanol–water partition coefficient (Wildman–Crippen LogP) is 3.95. The molecule has 2 aliphatic rings. The van der Waals surface area contributed by atoms with E-state index in [2.05, 4.69) is 30.5 Å². The minimum Gasteiger partial charge on any atom is -0.477 e. The number of fused-ring (bicyclic) bond motifs is 1. The summed E-state index contributed by atoms with van der Waals surface area (Å²) >= 11 is 4.74. The molecule has 0 aromatic heterocycles. The van der Waals surface area contributed by atoms with E-state index in [0.717, 1.165) is 34.1 Å². The van der Waals surface area contributed by atoms with E-state index in [1.54, 1.807) is 0 Å². The van der Waals surface area contributed by atoms with Gasteiger partial charge in [0.1, 0.15) is 17.1 Å². The molecule has 0 saturated carbocycles. The molecule has 37 heavy (non-hydrogen) atoms. The molecule has 2 aromatic rings. The first-order chi connectivity index (χ1) is 17.8. The summed E-state index contributed by atoms with van der Waals surface area (Å²) in [4.78, 5) is 40.8. The number of thioether (sulfide) groups is 3. The highest BCUT2D eigenvalue weighted by Crippen LogP contribution is 2.45. The molecule has 0 spiro atoms. The van der Waals surface area contributed by atoms with Crippen LogP contribution in [0.25, 0.3) is 0 Å². The van der Waals surface area contributed by atoms with E-state index in [1.165, 1.54) is 28.4 Å². The summed E-state index contributed by atoms with van der Waals surface area (Å²) in [6.07, 6.45) is 0.174. The van der Waals surface area contributed by atoms with Crippen molar-refractivity contribution >= 4 is 53.1 Å². The first kappa shape index (κ1) is 27.6. The van der Waals surface area contributed by atoms with Gasteiger partial charge in [-0.25, -0.2) is 4.79 Å². The highest BCUT2D eigenvalue weighted by atomic mass is 32.2. The molecule has 196 valence electrons. The number of benzene rings is 2. The first-order valence-corrected chi connectivity index (χ1v) is 15.2. The molecule has 4 rings (SSSR count). The molecular weight excluding hydrogens is 527 g/mol. The van der Waals surface area contributed by atoms with Gasteiger partial charge in [-0.15, -0.1) is 11.8 Å². The maximum absolute atomic E-state index is 13.0. The van der Waals surface area contributed by atoms with E-state index >= 15 is 0 Å². The number of hydrogen-bond donors (Lipinski definition) is 3. The van der Waals surface area contributed by atoms with Crippen LogP contribution in [0.1, 0.15) is 25.0 Å². The van der Waals surface area contributed by atoms with Crippen LogP contribution in [-0.4, -0.2) is 63.3 Å². The number of carboxylic acids is 1. The molecule has 2 heterocycles. The quantitative estimate of drug-likeness (QED) is 0.267. The third kappa shape index (κ3) is 6.93. The van der Waals surface area contributed by atoms with Gasteiger partial charge in [0.25, 0.3) is 5.91 Å². The van der Waals surface area contributed by atoms with Gasteiger partial charge in [0, 0.05) is 39.6 Å². The SMILES string of the molecule is CC(C)NCCSCc1ccccc1SC1=C(C(=O)O)N2C(=O)C(NC(=O)Cc3ccccc3)C2SC1. The zero-order valence-electron chi connectivity index (χ0n) is 20.8. The van der Waals surface area contributed by atoms with Crippen molar-refractivity contribution in [3.8, 4) is 0 Å². The summed E-state index contributed by atoms with van der Waals surface area (Å²) in [5, 5.41) is 15.8. The van der Waals surface area contributed by atoms with Crippen LogP contribution in [0.2, 0.25) is 0 Å². The summed E-state index contributed by atoms with van der Waals surface area (Å²) in [6, 6.07) is 17.1. The fourth-order valence-electron chi connectivity index (χ4n) is 4.13. The minimum absolute atomic E-state index is 0.0240. The van der Waals surface area contributed by atoms with E-state index in [0.29, 0.717) is 16.7 Å². The first-order valence-electron chi connectivity index (χ1n) is 12.2. The van der Waals surface area contributed by atoms with Crippen LogP contribution in [0, 0.1) is 0 Å². The van der Waals surface area contributed by atoms with Crippen molar-refractivity contribution in [3.05, 3.63) is 76.3 Å². The fourth-order valence-corrected chi connectivity index (χ4v) is 7.70. The van der Waals surface area contributed by atoms with Gasteiger partial charge in [-0.05, 0) is 17.2 Å². The van der Waals surface area contributed by atoms with E-state index in [-0.39, 0.29) is 23.9 Å². The van der Waals surface area contributed by atoms with Crippen LogP contribution < -0.4 is 10.6 Å². The van der Waals surface area contributed by atoms with Crippen molar-refractivity contribution in [2.24, 2.45) is 0 Å². The second-order valence-electron chi connectivity index (χ2n) is 9.07. The Balaban J connectivity index is 1.42. The number of hydrogen-bond acceptors (Lipinski definition) is 7. The standard InChI is InChI=1S/C27H31N3O4S3/c1-17(2)28-12-13-35-15-19-10-6-7-11-20(19)37-21-16-36-26-23(25(32)30(26)24(21)27(33)34)29-22(31)14-18-8-4-3-5-9-18/h3-11,17,23,26,28H,12-16H2,1-2H3,(H,29,31)(H,33,34). The number of nitrogens with one attached hydrogen (secondary N) is 2. The molecule has 0 aliphatic carbocycles. The Morgan fingerprint density at radius 2 is 1.86 bits per heavy atom. The van der Waals surface area contributed by atoms with E-state index in [4.69, 9.17) is 0 Å². The summed E-state index contributed by atoms with van der Waals surface area (Å²) in [7, 11) is 0. The molecule has 2 aromatic carbocycles. The average molecular weight is 558 g/mol. The number of carbonyl (C=O) groups excluding carboxylic acids is 2. The number of nitrogens with zero attached hydrogens (tertiary/aromatic N) is 1. The van der Waals surface area contributed by atoms with Crippen molar-refractivity contribution in [2.45, 2.75) is 48.4 Å². The molecule has 0 radical (unpaired) electrons. The van der Waals surface area contributed by atoms with Gasteiger partial charge in [0.2, 0.25) is 5.91 Å². The van der Waals surface area contributed by atoms with Gasteiger partial charge >= 0.3 is 5.97 Å². The summed E-state index contributed by atoms with van der Waals surface area (Å²) in [5.41, 5.74) is 2.03. The monoisotopic (exact) mass is 557 g/mol. The molecule has 2 aliphatic heterocycles. The maximum atomic E-state index is 13.0. The summed E-state index contributed by atoms with van der Waals surface area (Å²) in [6.45, 7) is 5.19. The Hall–Kier alpha value is -2.40. The Kier molecular flexibility index (Phi) is 9.64. The van der Waals surface area contributed by atoms with Crippen molar-refractivity contribution in [2.75, 3.05) is 18.1 Å². The number of amides is 2. The van der Waals surface area contributed by atoms with Crippen LogP contribution in [0.5, 0.6) is 0 Å². The van der Waals surface area contributed by atoms with Gasteiger partial charge in [0.05, 0.1) is 6.42 Å². The van der Waals surface area contributed by atoms with Gasteiger partial charge in [-0.3, -0.25) is 14.5 Å². The molecule has 7 nitrogen and oxygen atoms in total. The molecule has 2 amide bonds. The fraction of sp³-hybridized carbons (Fsp3) is 0.370. The maximum Gasteiger partial charge on any atom is 0.353 e. The second kappa shape index (κ2) is 12.9. The van der Waals surface area contributed by atoms with Crippen LogP contribution in [0.15, 0.2) is 70.1 Å². The van der Waals surface area contributed by atoms with Crippen molar-refractivity contribution in [3.63, 3.8) is 0 Å².